The quantitative estimate of drug-likeness (QED) is 0.770. The first-order valence-electron chi connectivity index (χ1n) is 10.5. The molecule has 4 rings (SSSR count). The number of benzene rings is 2. The summed E-state index contributed by atoms with van der Waals surface area (Å²) in [6.07, 6.45) is 2.54. The maximum atomic E-state index is 13.0. The number of nitrogens with one attached hydrogen (secondary N) is 1. The molecule has 5 heteroatoms. The molecule has 0 unspecified atom stereocenters. The van der Waals surface area contributed by atoms with Gasteiger partial charge < -0.3 is 10.1 Å². The van der Waals surface area contributed by atoms with Crippen LogP contribution in [0, 0.1) is 5.92 Å². The lowest BCUT2D eigenvalue weighted by molar-refractivity contribution is -0.127. The number of fused-ring (bicyclic) bond motifs is 1. The number of carbonyl (C=O) groups is 1. The van der Waals surface area contributed by atoms with Crippen molar-refractivity contribution >= 4 is 17.5 Å². The standard InChI is InChI=1S/C24H29ClN2O2/c1-24(2)15-21(19-8-4-6-10-22(19)29-24)26-23(28)17-11-13-27(14-12-17)16-18-7-3-5-9-20(18)25/h3-10,17,21H,11-16H2,1-2H3,(H,26,28)/t21-/m0/s1. The molecule has 2 heterocycles. The summed E-state index contributed by atoms with van der Waals surface area (Å²) in [4.78, 5) is 15.4. The second-order valence-electron chi connectivity index (χ2n) is 8.81. The van der Waals surface area contributed by atoms with Gasteiger partial charge in [-0.05, 0) is 57.5 Å². The van der Waals surface area contributed by atoms with E-state index in [9.17, 15) is 4.79 Å². The van der Waals surface area contributed by atoms with Gasteiger partial charge in [-0.2, -0.15) is 0 Å². The van der Waals surface area contributed by atoms with Gasteiger partial charge in [-0.3, -0.25) is 9.69 Å². The Labute approximate surface area is 178 Å². The molecule has 4 nitrogen and oxygen atoms in total. The van der Waals surface area contributed by atoms with Crippen molar-refractivity contribution in [1.82, 2.24) is 10.2 Å². The van der Waals surface area contributed by atoms with E-state index in [0.29, 0.717) is 0 Å². The highest BCUT2D eigenvalue weighted by molar-refractivity contribution is 6.31. The Morgan fingerprint density at radius 2 is 1.83 bits per heavy atom. The van der Waals surface area contributed by atoms with Gasteiger partial charge in [0.15, 0.2) is 0 Å². The molecule has 0 bridgehead atoms. The molecule has 29 heavy (non-hydrogen) atoms. The van der Waals surface area contributed by atoms with Crippen molar-refractivity contribution < 1.29 is 9.53 Å². The summed E-state index contributed by atoms with van der Waals surface area (Å²) in [5.41, 5.74) is 1.94. The fourth-order valence-corrected chi connectivity index (χ4v) is 4.64. The Morgan fingerprint density at radius 3 is 2.59 bits per heavy atom. The van der Waals surface area contributed by atoms with Gasteiger partial charge in [0.1, 0.15) is 11.4 Å². The summed E-state index contributed by atoms with van der Waals surface area (Å²) in [5.74, 6) is 1.11. The van der Waals surface area contributed by atoms with Gasteiger partial charge in [-0.15, -0.1) is 0 Å². The van der Waals surface area contributed by atoms with Crippen molar-refractivity contribution in [2.75, 3.05) is 13.1 Å². The van der Waals surface area contributed by atoms with Crippen molar-refractivity contribution in [2.45, 2.75) is 51.3 Å². The summed E-state index contributed by atoms with van der Waals surface area (Å²) in [6, 6.07) is 16.0. The van der Waals surface area contributed by atoms with Crippen LogP contribution in [0.2, 0.25) is 5.02 Å². The number of hydrogen-bond donors (Lipinski definition) is 1. The first-order chi connectivity index (χ1) is 13.9. The number of amides is 1. The van der Waals surface area contributed by atoms with Gasteiger partial charge in [0.25, 0.3) is 0 Å². The predicted molar refractivity (Wildman–Crippen MR) is 116 cm³/mol. The Morgan fingerprint density at radius 1 is 1.14 bits per heavy atom. The zero-order chi connectivity index (χ0) is 20.4. The number of likely N-dealkylation sites (tertiary alicyclic amines) is 1. The molecule has 1 atom stereocenters. The summed E-state index contributed by atoms with van der Waals surface area (Å²) in [6.45, 7) is 6.83. The van der Waals surface area contributed by atoms with Crippen LogP contribution in [-0.2, 0) is 11.3 Å². The number of hydrogen-bond acceptors (Lipinski definition) is 3. The Balaban J connectivity index is 1.35. The van der Waals surface area contributed by atoms with Crippen LogP contribution in [-0.4, -0.2) is 29.5 Å². The lowest BCUT2D eigenvalue weighted by Crippen LogP contribution is -2.45. The number of halogens is 1. The lowest BCUT2D eigenvalue weighted by atomic mass is 9.88. The maximum absolute atomic E-state index is 13.0. The van der Waals surface area contributed by atoms with Crippen molar-refractivity contribution in [3.05, 3.63) is 64.7 Å². The predicted octanol–water partition coefficient (Wildman–Crippen LogP) is 4.97. The first-order valence-corrected chi connectivity index (χ1v) is 10.8. The van der Waals surface area contributed by atoms with E-state index in [4.69, 9.17) is 16.3 Å². The number of carbonyl (C=O) groups excluding carboxylic acids is 1. The molecule has 0 spiro atoms. The molecule has 0 radical (unpaired) electrons. The fraction of sp³-hybridized carbons (Fsp3) is 0.458. The molecule has 1 saturated heterocycles. The van der Waals surface area contributed by atoms with Crippen LogP contribution in [0.5, 0.6) is 5.75 Å². The van der Waals surface area contributed by atoms with Crippen LogP contribution in [0.25, 0.3) is 0 Å². The highest BCUT2D eigenvalue weighted by Crippen LogP contribution is 2.39. The minimum absolute atomic E-state index is 0.00334. The highest BCUT2D eigenvalue weighted by atomic mass is 35.5. The van der Waals surface area contributed by atoms with Crippen LogP contribution in [0.3, 0.4) is 0 Å². The van der Waals surface area contributed by atoms with E-state index in [1.54, 1.807) is 0 Å². The van der Waals surface area contributed by atoms with Gasteiger partial charge in [0.05, 0.1) is 6.04 Å². The van der Waals surface area contributed by atoms with E-state index >= 15 is 0 Å². The van der Waals surface area contributed by atoms with Crippen molar-refractivity contribution in [3.63, 3.8) is 0 Å². The van der Waals surface area contributed by atoms with Gasteiger partial charge in [0.2, 0.25) is 5.91 Å². The molecule has 1 amide bonds. The maximum Gasteiger partial charge on any atom is 0.223 e. The zero-order valence-electron chi connectivity index (χ0n) is 17.2. The van der Waals surface area contributed by atoms with E-state index in [-0.39, 0.29) is 23.5 Å². The zero-order valence-corrected chi connectivity index (χ0v) is 17.9. The average Bonchev–Trinajstić information content (AvgIpc) is 2.69. The normalized spacial score (nSPS) is 21.8. The smallest absolute Gasteiger partial charge is 0.223 e. The molecule has 2 aliphatic heterocycles. The Hall–Kier alpha value is -2.04. The third-order valence-corrected chi connectivity index (χ3v) is 6.37. The van der Waals surface area contributed by atoms with Crippen LogP contribution >= 0.6 is 11.6 Å². The van der Waals surface area contributed by atoms with Crippen LogP contribution < -0.4 is 10.1 Å². The summed E-state index contributed by atoms with van der Waals surface area (Å²) >= 11 is 6.29. The van der Waals surface area contributed by atoms with Crippen molar-refractivity contribution in [2.24, 2.45) is 5.92 Å². The van der Waals surface area contributed by atoms with E-state index in [1.807, 2.05) is 36.4 Å². The van der Waals surface area contributed by atoms with Crippen LogP contribution in [0.15, 0.2) is 48.5 Å². The minimum Gasteiger partial charge on any atom is -0.487 e. The second-order valence-corrected chi connectivity index (χ2v) is 9.21. The van der Waals surface area contributed by atoms with Gasteiger partial charge in [-0.1, -0.05) is 48.0 Å². The second kappa shape index (κ2) is 8.37. The minimum atomic E-state index is -0.287. The van der Waals surface area contributed by atoms with E-state index in [1.165, 1.54) is 0 Å². The largest absolute Gasteiger partial charge is 0.487 e. The third-order valence-electron chi connectivity index (χ3n) is 6.00. The Kier molecular flexibility index (Phi) is 5.84. The molecule has 154 valence electrons. The van der Waals surface area contributed by atoms with Crippen LogP contribution in [0.1, 0.15) is 50.3 Å². The van der Waals surface area contributed by atoms with Gasteiger partial charge in [-0.25, -0.2) is 0 Å². The SMILES string of the molecule is CC1(C)C[C@H](NC(=O)C2CCN(Cc3ccccc3Cl)CC2)c2ccccc2O1. The van der Waals surface area contributed by atoms with E-state index in [2.05, 4.69) is 36.2 Å². The molecule has 2 aromatic carbocycles. The number of nitrogens with zero attached hydrogens (tertiary/aromatic N) is 1. The Bertz CT molecular complexity index is 875. The summed E-state index contributed by atoms with van der Waals surface area (Å²) < 4.78 is 6.09. The highest BCUT2D eigenvalue weighted by Gasteiger charge is 2.35. The third kappa shape index (κ3) is 4.76. The van der Waals surface area contributed by atoms with E-state index < -0.39 is 0 Å². The molecular weight excluding hydrogens is 384 g/mol. The van der Waals surface area contributed by atoms with Crippen molar-refractivity contribution in [1.29, 1.82) is 0 Å². The molecular formula is C24H29ClN2O2. The molecule has 1 N–H and O–H groups in total. The summed E-state index contributed by atoms with van der Waals surface area (Å²) in [5, 5.41) is 4.13. The number of para-hydroxylation sites is 1. The number of rotatable bonds is 4. The monoisotopic (exact) mass is 412 g/mol. The molecule has 0 saturated carbocycles. The molecule has 0 aromatic heterocycles. The summed E-state index contributed by atoms with van der Waals surface area (Å²) in [7, 11) is 0. The lowest BCUT2D eigenvalue weighted by Gasteiger charge is -2.39. The number of piperidine rings is 1. The fourth-order valence-electron chi connectivity index (χ4n) is 4.44. The molecule has 0 aliphatic carbocycles. The molecule has 2 aromatic rings. The molecule has 1 fully saturated rings. The first kappa shape index (κ1) is 20.2. The topological polar surface area (TPSA) is 41.6 Å². The van der Waals surface area contributed by atoms with Gasteiger partial charge >= 0.3 is 0 Å². The van der Waals surface area contributed by atoms with Gasteiger partial charge in [0, 0.05) is 29.5 Å². The number of ether oxygens (including phenoxy) is 1. The van der Waals surface area contributed by atoms with Crippen LogP contribution in [0.4, 0.5) is 0 Å². The van der Waals surface area contributed by atoms with Crippen molar-refractivity contribution in [3.8, 4) is 5.75 Å². The molecule has 2 aliphatic rings. The van der Waals surface area contributed by atoms with E-state index in [0.717, 1.165) is 60.8 Å². The average molecular weight is 413 g/mol.